The summed E-state index contributed by atoms with van der Waals surface area (Å²) >= 11 is 5.14. The number of imide groups is 2. The van der Waals surface area contributed by atoms with Gasteiger partial charge in [-0.05, 0) is 55.2 Å². The number of urea groups is 1. The number of amides is 4. The number of nitrogens with one attached hydrogen (secondary N) is 1. The lowest BCUT2D eigenvalue weighted by Crippen LogP contribution is -2.70. The molecule has 1 aromatic carbocycles. The molecule has 200 valence electrons. The topological polar surface area (TPSA) is 141 Å². The fourth-order valence-corrected chi connectivity index (χ4v) is 6.08. The molecule has 2 saturated heterocycles. The average Bonchev–Trinajstić information content (AvgIpc) is 3.40. The highest BCUT2D eigenvalue weighted by Crippen LogP contribution is 2.49. The molecule has 1 atom stereocenters. The fourth-order valence-electron chi connectivity index (χ4n) is 5.81. The molecular weight excluding hydrogens is 512 g/mol. The van der Waals surface area contributed by atoms with Gasteiger partial charge in [0, 0.05) is 39.7 Å². The number of fused-ring (bicyclic) bond motifs is 4. The second-order valence-electron chi connectivity index (χ2n) is 9.72. The molecule has 13 heteroatoms. The monoisotopic (exact) mass is 540 g/mol. The van der Waals surface area contributed by atoms with Gasteiger partial charge >= 0.3 is 6.03 Å². The molecule has 1 aromatic heterocycles. The van der Waals surface area contributed by atoms with Gasteiger partial charge in [0.2, 0.25) is 17.7 Å². The van der Waals surface area contributed by atoms with E-state index in [-0.39, 0.29) is 41.8 Å². The number of carbonyl (C=O) groups excluding carboxylic acids is 3. The number of aromatic amines is 1. The number of anilines is 1. The van der Waals surface area contributed by atoms with Crippen molar-refractivity contribution in [2.75, 3.05) is 39.3 Å². The van der Waals surface area contributed by atoms with E-state index in [1.54, 1.807) is 12.1 Å². The lowest BCUT2D eigenvalue weighted by molar-refractivity contribution is -0.159. The number of aromatic nitrogens is 2. The molecule has 2 fully saturated rings. The van der Waals surface area contributed by atoms with E-state index in [0.29, 0.717) is 18.7 Å². The van der Waals surface area contributed by atoms with Gasteiger partial charge < -0.3 is 14.7 Å². The van der Waals surface area contributed by atoms with Gasteiger partial charge in [-0.1, -0.05) is 0 Å². The van der Waals surface area contributed by atoms with Crippen LogP contribution in [-0.2, 0) is 27.3 Å². The summed E-state index contributed by atoms with van der Waals surface area (Å²) in [7, 11) is 4.32. The number of barbiturate groups is 1. The van der Waals surface area contributed by atoms with Gasteiger partial charge in [-0.3, -0.25) is 38.7 Å². The first-order valence-corrected chi connectivity index (χ1v) is 12.6. The van der Waals surface area contributed by atoms with E-state index in [0.717, 1.165) is 27.5 Å². The maximum Gasteiger partial charge on any atom is 0.332 e. The predicted octanol–water partition coefficient (Wildman–Crippen LogP) is 1.57. The third-order valence-electron chi connectivity index (χ3n) is 7.68. The van der Waals surface area contributed by atoms with Crippen molar-refractivity contribution >= 4 is 47.7 Å². The van der Waals surface area contributed by atoms with E-state index in [4.69, 9.17) is 17.0 Å². The molecule has 0 saturated carbocycles. The third-order valence-corrected chi connectivity index (χ3v) is 8.00. The molecule has 0 unspecified atom stereocenters. The Morgan fingerprint density at radius 2 is 1.92 bits per heavy atom. The van der Waals surface area contributed by atoms with Gasteiger partial charge in [0.25, 0.3) is 5.56 Å². The second kappa shape index (κ2) is 9.48. The van der Waals surface area contributed by atoms with Gasteiger partial charge in [0.05, 0.1) is 24.9 Å². The van der Waals surface area contributed by atoms with Crippen molar-refractivity contribution < 1.29 is 24.2 Å². The standard InChI is InChI=1S/C25H28N6O6S/c1-28-21(34)25(22(35)29(2)24(28)36)12-14-11-15(6-7-17(14)30-8-4-5-18(25)30)26-13-16-19(32)27-23(38)31(20(16)33)9-10-37-3/h6-7,11,13,18,33H,4-5,8-10,12H2,1-3H3,(H,27,32,38)/t18-/m0/s1. The molecule has 0 bridgehead atoms. The summed E-state index contributed by atoms with van der Waals surface area (Å²) in [4.78, 5) is 63.1. The molecule has 1 spiro atoms. The number of carbonyl (C=O) groups is 3. The predicted molar refractivity (Wildman–Crippen MR) is 141 cm³/mol. The van der Waals surface area contributed by atoms with Crippen LogP contribution in [0.5, 0.6) is 5.88 Å². The minimum Gasteiger partial charge on any atom is -0.494 e. The average molecular weight is 541 g/mol. The number of nitrogens with zero attached hydrogens (tertiary/aromatic N) is 5. The molecule has 4 amide bonds. The Morgan fingerprint density at radius 3 is 2.61 bits per heavy atom. The molecule has 5 rings (SSSR count). The van der Waals surface area contributed by atoms with Gasteiger partial charge in [-0.25, -0.2) is 4.79 Å². The normalized spacial score (nSPS) is 20.6. The molecule has 3 aliphatic heterocycles. The van der Waals surface area contributed by atoms with Crippen LogP contribution in [0.3, 0.4) is 0 Å². The first-order valence-electron chi connectivity index (χ1n) is 12.2. The maximum absolute atomic E-state index is 13.5. The van der Waals surface area contributed by atoms with Crippen molar-refractivity contribution in [2.45, 2.75) is 31.8 Å². The molecule has 2 aromatic rings. The molecule has 4 heterocycles. The van der Waals surface area contributed by atoms with E-state index < -0.39 is 28.8 Å². The Bertz CT molecular complexity index is 1470. The Balaban J connectivity index is 1.54. The highest BCUT2D eigenvalue weighted by Gasteiger charge is 2.63. The molecule has 3 aliphatic rings. The number of ether oxygens (including phenoxy) is 1. The number of benzene rings is 1. The lowest BCUT2D eigenvalue weighted by Gasteiger charge is -2.50. The summed E-state index contributed by atoms with van der Waals surface area (Å²) in [6, 6.07) is 4.44. The van der Waals surface area contributed by atoms with Crippen molar-refractivity contribution in [1.82, 2.24) is 19.4 Å². The number of hydrogen-bond donors (Lipinski definition) is 2. The van der Waals surface area contributed by atoms with Crippen LogP contribution in [0.15, 0.2) is 28.0 Å². The number of hydrogen-bond acceptors (Lipinski definition) is 9. The van der Waals surface area contributed by atoms with Gasteiger partial charge in [0.1, 0.15) is 5.56 Å². The Hall–Kier alpha value is -3.84. The second-order valence-corrected chi connectivity index (χ2v) is 10.1. The fraction of sp³-hybridized carbons (Fsp3) is 0.440. The number of aliphatic imine (C=N–C) groups is 1. The van der Waals surface area contributed by atoms with E-state index in [9.17, 15) is 24.3 Å². The van der Waals surface area contributed by atoms with Crippen molar-refractivity contribution in [2.24, 2.45) is 10.4 Å². The van der Waals surface area contributed by atoms with E-state index in [1.807, 2.05) is 6.07 Å². The van der Waals surface area contributed by atoms with Crippen molar-refractivity contribution in [3.63, 3.8) is 0 Å². The summed E-state index contributed by atoms with van der Waals surface area (Å²) in [6.07, 6.45) is 2.86. The Morgan fingerprint density at radius 1 is 1.21 bits per heavy atom. The number of methoxy groups -OCH3 is 1. The zero-order chi connectivity index (χ0) is 27.4. The largest absolute Gasteiger partial charge is 0.494 e. The zero-order valence-corrected chi connectivity index (χ0v) is 22.1. The molecule has 0 radical (unpaired) electrons. The zero-order valence-electron chi connectivity index (χ0n) is 21.3. The maximum atomic E-state index is 13.5. The molecular formula is C25H28N6O6S. The van der Waals surface area contributed by atoms with Crippen LogP contribution < -0.4 is 10.5 Å². The van der Waals surface area contributed by atoms with E-state index >= 15 is 0 Å². The van der Waals surface area contributed by atoms with Crippen LogP contribution in [0, 0.1) is 10.2 Å². The smallest absolute Gasteiger partial charge is 0.332 e. The van der Waals surface area contributed by atoms with Crippen molar-refractivity contribution in [3.8, 4) is 5.88 Å². The summed E-state index contributed by atoms with van der Waals surface area (Å²) < 4.78 is 6.45. The number of aromatic hydroxyl groups is 1. The van der Waals surface area contributed by atoms with Crippen LogP contribution >= 0.6 is 12.2 Å². The quantitative estimate of drug-likeness (QED) is 0.331. The van der Waals surface area contributed by atoms with Crippen LogP contribution in [0.4, 0.5) is 16.2 Å². The van der Waals surface area contributed by atoms with E-state index in [1.165, 1.54) is 32.0 Å². The minimum absolute atomic E-state index is 0.0659. The van der Waals surface area contributed by atoms with Gasteiger partial charge in [-0.15, -0.1) is 0 Å². The van der Waals surface area contributed by atoms with Gasteiger partial charge in [0.15, 0.2) is 10.2 Å². The summed E-state index contributed by atoms with van der Waals surface area (Å²) in [6.45, 7) is 1.20. The third kappa shape index (κ3) is 3.76. The van der Waals surface area contributed by atoms with Crippen LogP contribution in [0.1, 0.15) is 24.0 Å². The highest BCUT2D eigenvalue weighted by atomic mass is 32.1. The molecule has 0 aliphatic carbocycles. The summed E-state index contributed by atoms with van der Waals surface area (Å²) in [5.41, 5.74) is 0.0528. The first-order chi connectivity index (χ1) is 18.1. The van der Waals surface area contributed by atoms with Crippen LogP contribution in [-0.4, -0.2) is 88.9 Å². The summed E-state index contributed by atoms with van der Waals surface area (Å²) in [5, 5.41) is 10.7. The number of H-pyrrole nitrogens is 1. The van der Waals surface area contributed by atoms with E-state index in [2.05, 4.69) is 14.9 Å². The summed E-state index contributed by atoms with van der Waals surface area (Å²) in [5.74, 6) is -1.32. The molecule has 38 heavy (non-hydrogen) atoms. The highest BCUT2D eigenvalue weighted by molar-refractivity contribution is 7.71. The van der Waals surface area contributed by atoms with Crippen LogP contribution in [0.25, 0.3) is 0 Å². The van der Waals surface area contributed by atoms with Crippen molar-refractivity contribution in [1.29, 1.82) is 0 Å². The molecule has 12 nitrogen and oxygen atoms in total. The van der Waals surface area contributed by atoms with Gasteiger partial charge in [-0.2, -0.15) is 0 Å². The lowest BCUT2D eigenvalue weighted by atomic mass is 9.68. The first kappa shape index (κ1) is 25.8. The van der Waals surface area contributed by atoms with Crippen LogP contribution in [0.2, 0.25) is 0 Å². The SMILES string of the molecule is COCCn1c(O)c(C=Nc2ccc3c(c2)CC2(C(=O)N(C)C(=O)N(C)C2=O)[C@@H]2CCCN32)c(=O)[nH]c1=S. The minimum atomic E-state index is -1.41. The van der Waals surface area contributed by atoms with Crippen molar-refractivity contribution in [3.05, 3.63) is 44.5 Å². The molecule has 2 N–H and O–H groups in total. The number of rotatable bonds is 5. The Kier molecular flexibility index (Phi) is 6.43. The Labute approximate surface area is 223 Å².